The lowest BCUT2D eigenvalue weighted by molar-refractivity contribution is 0.0500. The largest absolute Gasteiger partial charge is 0.411 e. The van der Waals surface area contributed by atoms with E-state index in [4.69, 9.17) is 10.3 Å². The zero-order chi connectivity index (χ0) is 8.43. The van der Waals surface area contributed by atoms with E-state index in [0.717, 1.165) is 0 Å². The molecule has 0 aliphatic heterocycles. The van der Waals surface area contributed by atoms with Crippen LogP contribution in [0.1, 0.15) is 19.8 Å². The summed E-state index contributed by atoms with van der Waals surface area (Å²) in [7, 11) is 0. The Kier molecular flexibility index (Phi) is 2.46. The van der Waals surface area contributed by atoms with Crippen molar-refractivity contribution >= 4 is 5.71 Å². The minimum Gasteiger partial charge on any atom is -0.411 e. The van der Waals surface area contributed by atoms with Crippen molar-refractivity contribution in [3.8, 4) is 0 Å². The number of rotatable bonds is 0. The van der Waals surface area contributed by atoms with Crippen LogP contribution in [-0.2, 0) is 0 Å². The van der Waals surface area contributed by atoms with Gasteiger partial charge in [0.05, 0.1) is 17.9 Å². The molecule has 1 rings (SSSR count). The van der Waals surface area contributed by atoms with E-state index < -0.39 is 12.2 Å². The molecule has 0 amide bonds. The number of aliphatic hydroxyl groups is 2. The molecule has 0 radical (unpaired) electrons. The van der Waals surface area contributed by atoms with Gasteiger partial charge in [0.25, 0.3) is 0 Å². The fourth-order valence-corrected chi connectivity index (χ4v) is 1.35. The number of oxime groups is 1. The van der Waals surface area contributed by atoms with Crippen LogP contribution in [0.3, 0.4) is 0 Å². The van der Waals surface area contributed by atoms with Crippen LogP contribution in [0.25, 0.3) is 0 Å². The smallest absolute Gasteiger partial charge is 0.0650 e. The van der Waals surface area contributed by atoms with Crippen molar-refractivity contribution in [1.29, 1.82) is 0 Å². The fraction of sp³-hybridized carbons (Fsp3) is 0.857. The molecule has 1 aliphatic carbocycles. The Morgan fingerprint density at radius 3 is 2.64 bits per heavy atom. The molecule has 3 N–H and O–H groups in total. The lowest BCUT2D eigenvalue weighted by atomic mass is 9.84. The molecule has 4 heteroatoms. The highest BCUT2D eigenvalue weighted by molar-refractivity contribution is 5.87. The summed E-state index contributed by atoms with van der Waals surface area (Å²) in [5, 5.41) is 29.9. The lowest BCUT2D eigenvalue weighted by Crippen LogP contribution is -2.37. The number of nitrogens with zero attached hydrogens (tertiary/aromatic N) is 1. The van der Waals surface area contributed by atoms with E-state index in [1.54, 1.807) is 6.92 Å². The molecule has 1 aliphatic rings. The highest BCUT2D eigenvalue weighted by Crippen LogP contribution is 2.21. The Balaban J connectivity index is 2.67. The second-order valence-corrected chi connectivity index (χ2v) is 3.04. The van der Waals surface area contributed by atoms with Gasteiger partial charge in [-0.3, -0.25) is 0 Å². The Morgan fingerprint density at radius 1 is 1.45 bits per heavy atom. The topological polar surface area (TPSA) is 73.1 Å². The highest BCUT2D eigenvalue weighted by atomic mass is 16.4. The lowest BCUT2D eigenvalue weighted by Gasteiger charge is -2.28. The number of hydrogen-bond donors (Lipinski definition) is 3. The van der Waals surface area contributed by atoms with Gasteiger partial charge in [-0.1, -0.05) is 12.1 Å². The molecule has 0 heterocycles. The number of aliphatic hydroxyl groups excluding tert-OH is 2. The van der Waals surface area contributed by atoms with Crippen molar-refractivity contribution in [1.82, 2.24) is 0 Å². The van der Waals surface area contributed by atoms with Crippen molar-refractivity contribution in [2.45, 2.75) is 32.0 Å². The minimum atomic E-state index is -0.579. The van der Waals surface area contributed by atoms with Gasteiger partial charge in [-0.05, 0) is 0 Å². The van der Waals surface area contributed by atoms with Crippen LogP contribution in [0.4, 0.5) is 0 Å². The first-order valence-corrected chi connectivity index (χ1v) is 3.72. The van der Waals surface area contributed by atoms with Gasteiger partial charge in [-0.15, -0.1) is 0 Å². The van der Waals surface area contributed by atoms with Crippen LogP contribution < -0.4 is 0 Å². The Morgan fingerprint density at radius 2 is 2.09 bits per heavy atom. The molecule has 1 saturated carbocycles. The molecule has 4 nitrogen and oxygen atoms in total. The predicted octanol–water partition coefficient (Wildman–Crippen LogP) is -0.0317. The van der Waals surface area contributed by atoms with E-state index in [1.165, 1.54) is 0 Å². The Labute approximate surface area is 65.2 Å². The SMILES string of the molecule is CC1/C(=N\O)C[C@H](O)C[C@@H]1O. The molecule has 64 valence electrons. The maximum Gasteiger partial charge on any atom is 0.0650 e. The minimum absolute atomic E-state index is 0.136. The molecule has 0 aromatic carbocycles. The van der Waals surface area contributed by atoms with Crippen LogP contribution in [0.2, 0.25) is 0 Å². The van der Waals surface area contributed by atoms with E-state index in [9.17, 15) is 5.11 Å². The first kappa shape index (κ1) is 8.49. The standard InChI is InChI=1S/C7H13NO3/c1-4-6(8-11)2-5(9)3-7(4)10/h4-5,7,9-11H,2-3H2,1H3/b8-6-/t4?,5-,7-/m0/s1. The van der Waals surface area contributed by atoms with Crippen molar-refractivity contribution < 1.29 is 15.4 Å². The van der Waals surface area contributed by atoms with Gasteiger partial charge in [0.2, 0.25) is 0 Å². The molecule has 0 bridgehead atoms. The summed E-state index contributed by atoms with van der Waals surface area (Å²) in [6, 6.07) is 0. The first-order chi connectivity index (χ1) is 5.15. The van der Waals surface area contributed by atoms with E-state index in [1.807, 2.05) is 0 Å². The molecule has 1 unspecified atom stereocenters. The second-order valence-electron chi connectivity index (χ2n) is 3.04. The monoisotopic (exact) mass is 159 g/mol. The average molecular weight is 159 g/mol. The highest BCUT2D eigenvalue weighted by Gasteiger charge is 2.30. The van der Waals surface area contributed by atoms with Crippen LogP contribution in [0.15, 0.2) is 5.16 Å². The maximum atomic E-state index is 9.30. The van der Waals surface area contributed by atoms with Crippen LogP contribution in [-0.4, -0.2) is 33.3 Å². The Bertz CT molecular complexity index is 169. The third kappa shape index (κ3) is 1.70. The van der Waals surface area contributed by atoms with Gasteiger partial charge in [0, 0.05) is 18.8 Å². The molecule has 1 fully saturated rings. The summed E-state index contributed by atoms with van der Waals surface area (Å²) in [6.45, 7) is 1.78. The summed E-state index contributed by atoms with van der Waals surface area (Å²) in [5.74, 6) is -0.136. The predicted molar refractivity (Wildman–Crippen MR) is 39.6 cm³/mol. The molecule has 3 atom stereocenters. The van der Waals surface area contributed by atoms with E-state index in [-0.39, 0.29) is 5.92 Å². The third-order valence-corrected chi connectivity index (χ3v) is 2.19. The molecule has 11 heavy (non-hydrogen) atoms. The van der Waals surface area contributed by atoms with Gasteiger partial charge in [-0.25, -0.2) is 0 Å². The zero-order valence-corrected chi connectivity index (χ0v) is 6.44. The first-order valence-electron chi connectivity index (χ1n) is 3.72. The van der Waals surface area contributed by atoms with Gasteiger partial charge in [0.1, 0.15) is 0 Å². The third-order valence-electron chi connectivity index (χ3n) is 2.19. The molecular formula is C7H13NO3. The van der Waals surface area contributed by atoms with E-state index in [0.29, 0.717) is 18.6 Å². The fourth-order valence-electron chi connectivity index (χ4n) is 1.35. The Hall–Kier alpha value is -0.610. The summed E-state index contributed by atoms with van der Waals surface area (Å²) < 4.78 is 0. The molecule has 0 aromatic rings. The zero-order valence-electron chi connectivity index (χ0n) is 6.44. The van der Waals surface area contributed by atoms with Crippen LogP contribution in [0, 0.1) is 5.92 Å². The average Bonchev–Trinajstić information content (AvgIpc) is 1.96. The molecular weight excluding hydrogens is 146 g/mol. The quantitative estimate of drug-likeness (QED) is 0.343. The van der Waals surface area contributed by atoms with Gasteiger partial charge < -0.3 is 15.4 Å². The summed E-state index contributed by atoms with van der Waals surface area (Å²) >= 11 is 0. The number of hydrogen-bond acceptors (Lipinski definition) is 4. The van der Waals surface area contributed by atoms with Crippen LogP contribution >= 0.6 is 0 Å². The normalized spacial score (nSPS) is 42.8. The molecule has 0 saturated heterocycles. The summed E-state index contributed by atoms with van der Waals surface area (Å²) in [6.07, 6.45) is -0.397. The van der Waals surface area contributed by atoms with Crippen LogP contribution in [0.5, 0.6) is 0 Å². The molecule has 0 aromatic heterocycles. The van der Waals surface area contributed by atoms with Crippen molar-refractivity contribution in [3.05, 3.63) is 0 Å². The summed E-state index contributed by atoms with van der Waals surface area (Å²) in [4.78, 5) is 0. The van der Waals surface area contributed by atoms with Crippen molar-refractivity contribution in [2.75, 3.05) is 0 Å². The van der Waals surface area contributed by atoms with Gasteiger partial charge in [0.15, 0.2) is 0 Å². The van der Waals surface area contributed by atoms with Gasteiger partial charge >= 0.3 is 0 Å². The van der Waals surface area contributed by atoms with Crippen molar-refractivity contribution in [3.63, 3.8) is 0 Å². The second kappa shape index (κ2) is 3.19. The maximum absolute atomic E-state index is 9.30. The molecule has 0 spiro atoms. The van der Waals surface area contributed by atoms with Crippen molar-refractivity contribution in [2.24, 2.45) is 11.1 Å². The van der Waals surface area contributed by atoms with E-state index >= 15 is 0 Å². The van der Waals surface area contributed by atoms with E-state index in [2.05, 4.69) is 5.16 Å². The summed E-state index contributed by atoms with van der Waals surface area (Å²) in [5.41, 5.74) is 0.483. The van der Waals surface area contributed by atoms with Gasteiger partial charge in [-0.2, -0.15) is 0 Å².